The molecular formula is C16H32N2O2. The van der Waals surface area contributed by atoms with Crippen molar-refractivity contribution in [2.45, 2.75) is 65.5 Å². The van der Waals surface area contributed by atoms with Gasteiger partial charge in [-0.05, 0) is 38.0 Å². The first kappa shape index (κ1) is 17.4. The van der Waals surface area contributed by atoms with E-state index in [0.29, 0.717) is 25.0 Å². The van der Waals surface area contributed by atoms with Gasteiger partial charge in [-0.1, -0.05) is 27.2 Å². The highest BCUT2D eigenvalue weighted by atomic mass is 16.5. The van der Waals surface area contributed by atoms with Crippen LogP contribution in [0, 0.1) is 17.8 Å². The lowest BCUT2D eigenvalue weighted by Gasteiger charge is -2.32. The lowest BCUT2D eigenvalue weighted by molar-refractivity contribution is -0.128. The maximum absolute atomic E-state index is 12.4. The minimum atomic E-state index is 0.0456. The highest BCUT2D eigenvalue weighted by Gasteiger charge is 2.29. The van der Waals surface area contributed by atoms with Gasteiger partial charge >= 0.3 is 0 Å². The van der Waals surface area contributed by atoms with E-state index < -0.39 is 0 Å². The quantitative estimate of drug-likeness (QED) is 0.754. The Balaban J connectivity index is 2.49. The molecule has 20 heavy (non-hydrogen) atoms. The van der Waals surface area contributed by atoms with Crippen molar-refractivity contribution in [1.29, 1.82) is 0 Å². The first-order chi connectivity index (χ1) is 9.45. The monoisotopic (exact) mass is 284 g/mol. The number of ether oxygens (including phenoxy) is 1. The smallest absolute Gasteiger partial charge is 0.223 e. The van der Waals surface area contributed by atoms with E-state index in [0.717, 1.165) is 25.7 Å². The molecule has 0 aromatic carbocycles. The van der Waals surface area contributed by atoms with Crippen LogP contribution in [-0.2, 0) is 9.53 Å². The minimum absolute atomic E-state index is 0.0456. The van der Waals surface area contributed by atoms with Gasteiger partial charge in [-0.25, -0.2) is 0 Å². The average Bonchev–Trinajstić information content (AvgIpc) is 2.42. The van der Waals surface area contributed by atoms with Crippen LogP contribution < -0.4 is 11.1 Å². The molecule has 1 rings (SSSR count). The first-order valence-corrected chi connectivity index (χ1v) is 8.09. The molecule has 0 aromatic heterocycles. The molecule has 4 heteroatoms. The molecule has 0 aliphatic heterocycles. The zero-order valence-corrected chi connectivity index (χ0v) is 13.5. The summed E-state index contributed by atoms with van der Waals surface area (Å²) in [4.78, 5) is 12.4. The Hall–Kier alpha value is -0.610. The Kier molecular flexibility index (Phi) is 7.52. The summed E-state index contributed by atoms with van der Waals surface area (Å²) in [7, 11) is 0. The maximum atomic E-state index is 12.4. The van der Waals surface area contributed by atoms with Crippen LogP contribution in [0.2, 0.25) is 0 Å². The Labute approximate surface area is 123 Å². The molecule has 0 spiro atoms. The molecule has 4 unspecified atom stereocenters. The van der Waals surface area contributed by atoms with Gasteiger partial charge in [0.2, 0.25) is 5.91 Å². The molecule has 1 fully saturated rings. The molecule has 4 nitrogen and oxygen atoms in total. The molecule has 118 valence electrons. The largest absolute Gasteiger partial charge is 0.380 e. The molecule has 0 saturated heterocycles. The van der Waals surface area contributed by atoms with Crippen LogP contribution in [0.5, 0.6) is 0 Å². The summed E-state index contributed by atoms with van der Waals surface area (Å²) in [5, 5.41) is 3.16. The van der Waals surface area contributed by atoms with E-state index in [4.69, 9.17) is 10.5 Å². The number of amides is 1. The first-order valence-electron chi connectivity index (χ1n) is 8.09. The number of nitrogens with one attached hydrogen (secondary N) is 1. The second kappa shape index (κ2) is 8.63. The molecule has 1 aliphatic carbocycles. The summed E-state index contributed by atoms with van der Waals surface area (Å²) in [6.07, 6.45) is 4.35. The standard InChI is InChI=1S/C16H32N2O2/c1-5-20-10-15(11(2)3)18-16(19)12(4)13-7-6-8-14(17)9-13/h11-15H,5-10,17H2,1-4H3,(H,18,19). The van der Waals surface area contributed by atoms with Gasteiger partial charge in [0.1, 0.15) is 0 Å². The van der Waals surface area contributed by atoms with Crippen LogP contribution in [0.1, 0.15) is 53.4 Å². The van der Waals surface area contributed by atoms with E-state index in [1.165, 1.54) is 0 Å². The van der Waals surface area contributed by atoms with Crippen LogP contribution in [0.15, 0.2) is 0 Å². The predicted octanol–water partition coefficient (Wildman–Crippen LogP) is 2.32. The molecule has 0 aromatic rings. The van der Waals surface area contributed by atoms with E-state index in [-0.39, 0.29) is 23.9 Å². The third kappa shape index (κ3) is 5.41. The fourth-order valence-electron chi connectivity index (χ4n) is 2.89. The number of hydrogen-bond donors (Lipinski definition) is 2. The van der Waals surface area contributed by atoms with Gasteiger partial charge in [-0.3, -0.25) is 4.79 Å². The fraction of sp³-hybridized carbons (Fsp3) is 0.938. The minimum Gasteiger partial charge on any atom is -0.380 e. The number of rotatable bonds is 7. The molecule has 1 aliphatic rings. The van der Waals surface area contributed by atoms with E-state index >= 15 is 0 Å². The summed E-state index contributed by atoms with van der Waals surface area (Å²) in [5.74, 6) is 1.01. The Morgan fingerprint density at radius 1 is 1.35 bits per heavy atom. The van der Waals surface area contributed by atoms with Crippen molar-refractivity contribution in [3.8, 4) is 0 Å². The summed E-state index contributed by atoms with van der Waals surface area (Å²) in [6, 6.07) is 0.371. The zero-order chi connectivity index (χ0) is 15.1. The third-order valence-corrected chi connectivity index (χ3v) is 4.51. The Bertz CT molecular complexity index is 294. The highest BCUT2D eigenvalue weighted by molar-refractivity contribution is 5.79. The average molecular weight is 284 g/mol. The molecule has 4 atom stereocenters. The van der Waals surface area contributed by atoms with Gasteiger partial charge in [-0.15, -0.1) is 0 Å². The van der Waals surface area contributed by atoms with Crippen molar-refractivity contribution < 1.29 is 9.53 Å². The van der Waals surface area contributed by atoms with Crippen molar-refractivity contribution in [3.05, 3.63) is 0 Å². The van der Waals surface area contributed by atoms with Gasteiger partial charge in [0, 0.05) is 18.6 Å². The summed E-state index contributed by atoms with van der Waals surface area (Å²) in [6.45, 7) is 9.53. The van der Waals surface area contributed by atoms with Gasteiger partial charge in [0.25, 0.3) is 0 Å². The molecule has 1 amide bonds. The maximum Gasteiger partial charge on any atom is 0.223 e. The van der Waals surface area contributed by atoms with Gasteiger partial charge < -0.3 is 15.8 Å². The number of carbonyl (C=O) groups excluding carboxylic acids is 1. The molecule has 0 bridgehead atoms. The Morgan fingerprint density at radius 2 is 2.05 bits per heavy atom. The van der Waals surface area contributed by atoms with E-state index in [9.17, 15) is 4.79 Å². The van der Waals surface area contributed by atoms with Crippen LogP contribution in [0.3, 0.4) is 0 Å². The second-order valence-electron chi connectivity index (χ2n) is 6.49. The van der Waals surface area contributed by atoms with Crippen molar-refractivity contribution >= 4 is 5.91 Å². The molecule has 1 saturated carbocycles. The van der Waals surface area contributed by atoms with E-state index in [1.807, 2.05) is 13.8 Å². The topological polar surface area (TPSA) is 64.3 Å². The Morgan fingerprint density at radius 3 is 2.60 bits per heavy atom. The summed E-state index contributed by atoms with van der Waals surface area (Å²) >= 11 is 0. The van der Waals surface area contributed by atoms with Gasteiger partial charge in [-0.2, -0.15) is 0 Å². The van der Waals surface area contributed by atoms with Crippen molar-refractivity contribution in [2.75, 3.05) is 13.2 Å². The lowest BCUT2D eigenvalue weighted by atomic mass is 9.78. The molecule has 0 heterocycles. The number of nitrogens with two attached hydrogens (primary N) is 1. The third-order valence-electron chi connectivity index (χ3n) is 4.51. The van der Waals surface area contributed by atoms with Crippen molar-refractivity contribution in [3.63, 3.8) is 0 Å². The van der Waals surface area contributed by atoms with Gasteiger partial charge in [0.05, 0.1) is 12.6 Å². The predicted molar refractivity (Wildman–Crippen MR) is 82.4 cm³/mol. The number of hydrogen-bond acceptors (Lipinski definition) is 3. The van der Waals surface area contributed by atoms with Crippen LogP contribution in [0.25, 0.3) is 0 Å². The van der Waals surface area contributed by atoms with Crippen molar-refractivity contribution in [2.24, 2.45) is 23.5 Å². The van der Waals surface area contributed by atoms with Crippen LogP contribution in [0.4, 0.5) is 0 Å². The fourth-order valence-corrected chi connectivity index (χ4v) is 2.89. The second-order valence-corrected chi connectivity index (χ2v) is 6.49. The zero-order valence-electron chi connectivity index (χ0n) is 13.5. The van der Waals surface area contributed by atoms with Crippen LogP contribution in [-0.4, -0.2) is 31.2 Å². The lowest BCUT2D eigenvalue weighted by Crippen LogP contribution is -2.46. The van der Waals surface area contributed by atoms with Crippen LogP contribution >= 0.6 is 0 Å². The van der Waals surface area contributed by atoms with E-state index in [2.05, 4.69) is 19.2 Å². The normalized spacial score (nSPS) is 26.3. The summed E-state index contributed by atoms with van der Waals surface area (Å²) < 4.78 is 5.47. The molecule has 0 radical (unpaired) electrons. The van der Waals surface area contributed by atoms with Crippen molar-refractivity contribution in [1.82, 2.24) is 5.32 Å². The highest BCUT2D eigenvalue weighted by Crippen LogP contribution is 2.29. The SMILES string of the molecule is CCOCC(NC(=O)C(C)C1CCCC(N)C1)C(C)C. The van der Waals surface area contributed by atoms with Gasteiger partial charge in [0.15, 0.2) is 0 Å². The number of carbonyl (C=O) groups is 1. The summed E-state index contributed by atoms with van der Waals surface area (Å²) in [5.41, 5.74) is 6.03. The van der Waals surface area contributed by atoms with E-state index in [1.54, 1.807) is 0 Å². The molecule has 3 N–H and O–H groups in total. The molecular weight excluding hydrogens is 252 g/mol.